The number of rotatable bonds is 6. The third-order valence-corrected chi connectivity index (χ3v) is 2.97. The van der Waals surface area contributed by atoms with Crippen LogP contribution in [0.4, 0.5) is 13.2 Å². The van der Waals surface area contributed by atoms with Crippen LogP contribution >= 0.6 is 15.9 Å². The van der Waals surface area contributed by atoms with Gasteiger partial charge in [0.1, 0.15) is 6.61 Å². The van der Waals surface area contributed by atoms with Gasteiger partial charge in [-0.05, 0) is 29.9 Å². The van der Waals surface area contributed by atoms with Crippen molar-refractivity contribution in [1.29, 1.82) is 0 Å². The zero-order valence-corrected chi connectivity index (χ0v) is 11.7. The second-order valence-electron chi connectivity index (χ2n) is 3.67. The maximum absolute atomic E-state index is 12.0. The average molecular weight is 330 g/mol. The number of nitrogens with zero attached hydrogens (tertiary/aromatic N) is 2. The van der Waals surface area contributed by atoms with Gasteiger partial charge in [0, 0.05) is 6.54 Å². The Morgan fingerprint density at radius 2 is 2.22 bits per heavy atom. The summed E-state index contributed by atoms with van der Waals surface area (Å²) in [5.41, 5.74) is 0.780. The molecule has 1 N–H and O–H groups in total. The van der Waals surface area contributed by atoms with Gasteiger partial charge < -0.3 is 10.1 Å². The van der Waals surface area contributed by atoms with Gasteiger partial charge >= 0.3 is 6.18 Å². The van der Waals surface area contributed by atoms with Crippen LogP contribution < -0.4 is 5.32 Å². The van der Waals surface area contributed by atoms with Gasteiger partial charge in [-0.15, -0.1) is 0 Å². The van der Waals surface area contributed by atoms with Crippen molar-refractivity contribution in [2.45, 2.75) is 25.7 Å². The van der Waals surface area contributed by atoms with Crippen LogP contribution in [0, 0.1) is 0 Å². The lowest BCUT2D eigenvalue weighted by atomic mass is 10.2. The van der Waals surface area contributed by atoms with Gasteiger partial charge in [-0.3, -0.25) is 4.68 Å². The monoisotopic (exact) mass is 329 g/mol. The molecule has 8 heteroatoms. The van der Waals surface area contributed by atoms with Crippen molar-refractivity contribution >= 4 is 15.9 Å². The number of likely N-dealkylation sites (N-methyl/N-ethyl adjacent to an activating group) is 1. The van der Waals surface area contributed by atoms with E-state index in [1.807, 2.05) is 6.92 Å². The number of nitrogens with one attached hydrogen (secondary N) is 1. The summed E-state index contributed by atoms with van der Waals surface area (Å²) < 4.78 is 43.2. The third-order valence-electron chi connectivity index (χ3n) is 2.36. The molecular weight excluding hydrogens is 315 g/mol. The highest BCUT2D eigenvalue weighted by Crippen LogP contribution is 2.24. The lowest BCUT2D eigenvalue weighted by Crippen LogP contribution is -2.27. The van der Waals surface area contributed by atoms with Gasteiger partial charge in [-0.2, -0.15) is 18.3 Å². The fraction of sp³-hybridized carbons (Fsp3) is 0.700. The SMILES string of the molecule is CCn1ncc(Br)c1C(COCC(F)(F)F)NC. The fourth-order valence-electron chi connectivity index (χ4n) is 1.56. The van der Waals surface area contributed by atoms with Gasteiger partial charge in [0.15, 0.2) is 0 Å². The van der Waals surface area contributed by atoms with E-state index in [0.717, 1.165) is 10.2 Å². The summed E-state index contributed by atoms with van der Waals surface area (Å²) in [4.78, 5) is 0. The fourth-order valence-corrected chi connectivity index (χ4v) is 2.13. The molecule has 0 spiro atoms. The first-order valence-corrected chi connectivity index (χ1v) is 6.21. The summed E-state index contributed by atoms with van der Waals surface area (Å²) in [7, 11) is 1.67. The zero-order valence-electron chi connectivity index (χ0n) is 10.1. The molecule has 1 heterocycles. The molecule has 1 rings (SSSR count). The number of halogens is 4. The van der Waals surface area contributed by atoms with Crippen LogP contribution in [0.3, 0.4) is 0 Å². The Labute approximate surface area is 112 Å². The molecule has 18 heavy (non-hydrogen) atoms. The van der Waals surface area contributed by atoms with Gasteiger partial charge in [-0.25, -0.2) is 0 Å². The van der Waals surface area contributed by atoms with Crippen LogP contribution in [0.15, 0.2) is 10.7 Å². The highest BCUT2D eigenvalue weighted by atomic mass is 79.9. The van der Waals surface area contributed by atoms with E-state index >= 15 is 0 Å². The van der Waals surface area contributed by atoms with E-state index < -0.39 is 12.8 Å². The van der Waals surface area contributed by atoms with Crippen LogP contribution in [-0.2, 0) is 11.3 Å². The molecule has 0 bridgehead atoms. The highest BCUT2D eigenvalue weighted by molar-refractivity contribution is 9.10. The number of hydrogen-bond donors (Lipinski definition) is 1. The largest absolute Gasteiger partial charge is 0.411 e. The number of aromatic nitrogens is 2. The van der Waals surface area contributed by atoms with Crippen molar-refractivity contribution in [3.05, 3.63) is 16.4 Å². The lowest BCUT2D eigenvalue weighted by Gasteiger charge is -2.19. The zero-order chi connectivity index (χ0) is 13.8. The van der Waals surface area contributed by atoms with E-state index in [-0.39, 0.29) is 12.6 Å². The molecule has 0 fully saturated rings. The molecule has 104 valence electrons. The summed E-state index contributed by atoms with van der Waals surface area (Å²) in [6, 6.07) is -0.343. The Hall–Kier alpha value is -0.600. The Kier molecular flexibility index (Phi) is 5.61. The van der Waals surface area contributed by atoms with E-state index in [4.69, 9.17) is 0 Å². The first kappa shape index (κ1) is 15.5. The summed E-state index contributed by atoms with van der Waals surface area (Å²) in [5, 5.41) is 7.03. The molecule has 1 atom stereocenters. The molecular formula is C10H15BrF3N3O. The van der Waals surface area contributed by atoms with E-state index in [1.54, 1.807) is 17.9 Å². The van der Waals surface area contributed by atoms with Gasteiger partial charge in [0.05, 0.1) is 29.0 Å². The van der Waals surface area contributed by atoms with Crippen LogP contribution in [0.2, 0.25) is 0 Å². The van der Waals surface area contributed by atoms with Gasteiger partial charge in [0.25, 0.3) is 0 Å². The molecule has 1 unspecified atom stereocenters. The van der Waals surface area contributed by atoms with E-state index in [9.17, 15) is 13.2 Å². The van der Waals surface area contributed by atoms with E-state index in [1.165, 1.54) is 0 Å². The van der Waals surface area contributed by atoms with E-state index in [2.05, 4.69) is 31.1 Å². The molecule has 0 aliphatic carbocycles. The second kappa shape index (κ2) is 6.53. The Bertz CT molecular complexity index is 381. The molecule has 4 nitrogen and oxygen atoms in total. The molecule has 1 aromatic rings. The Balaban J connectivity index is 2.68. The minimum atomic E-state index is -4.31. The number of ether oxygens (including phenoxy) is 1. The molecule has 0 radical (unpaired) electrons. The molecule has 0 aliphatic heterocycles. The number of hydrogen-bond acceptors (Lipinski definition) is 3. The normalized spacial score (nSPS) is 13.9. The van der Waals surface area contributed by atoms with Crippen LogP contribution in [0.25, 0.3) is 0 Å². The molecule has 0 aromatic carbocycles. The minimum Gasteiger partial charge on any atom is -0.370 e. The quantitative estimate of drug-likeness (QED) is 0.871. The van der Waals surface area contributed by atoms with Gasteiger partial charge in [-0.1, -0.05) is 0 Å². The number of alkyl halides is 3. The topological polar surface area (TPSA) is 39.1 Å². The highest BCUT2D eigenvalue weighted by Gasteiger charge is 2.28. The predicted molar refractivity (Wildman–Crippen MR) is 64.3 cm³/mol. The maximum atomic E-state index is 12.0. The molecule has 0 saturated heterocycles. The predicted octanol–water partition coefficient (Wildman–Crippen LogP) is 2.50. The number of aryl methyl sites for hydroxylation is 1. The van der Waals surface area contributed by atoms with Crippen LogP contribution in [0.5, 0.6) is 0 Å². The van der Waals surface area contributed by atoms with Crippen molar-refractivity contribution < 1.29 is 17.9 Å². The second-order valence-corrected chi connectivity index (χ2v) is 4.52. The summed E-state index contributed by atoms with van der Waals surface area (Å²) in [6.45, 7) is 1.23. The summed E-state index contributed by atoms with van der Waals surface area (Å²) in [5.74, 6) is 0. The summed E-state index contributed by atoms with van der Waals surface area (Å²) >= 11 is 3.33. The third kappa shape index (κ3) is 4.25. The summed E-state index contributed by atoms with van der Waals surface area (Å²) in [6.07, 6.45) is -2.69. The van der Waals surface area contributed by atoms with Crippen molar-refractivity contribution in [2.75, 3.05) is 20.3 Å². The lowest BCUT2D eigenvalue weighted by molar-refractivity contribution is -0.175. The average Bonchev–Trinajstić information content (AvgIpc) is 2.65. The van der Waals surface area contributed by atoms with Crippen molar-refractivity contribution in [3.63, 3.8) is 0 Å². The Morgan fingerprint density at radius 1 is 1.56 bits per heavy atom. The molecule has 0 saturated carbocycles. The molecule has 0 amide bonds. The minimum absolute atomic E-state index is 0.0691. The van der Waals surface area contributed by atoms with Crippen molar-refractivity contribution in [2.24, 2.45) is 0 Å². The van der Waals surface area contributed by atoms with Crippen molar-refractivity contribution in [3.8, 4) is 0 Å². The smallest absolute Gasteiger partial charge is 0.370 e. The van der Waals surface area contributed by atoms with E-state index in [0.29, 0.717) is 6.54 Å². The van der Waals surface area contributed by atoms with Gasteiger partial charge in [0.2, 0.25) is 0 Å². The first-order chi connectivity index (χ1) is 8.39. The maximum Gasteiger partial charge on any atom is 0.411 e. The van der Waals surface area contributed by atoms with Crippen LogP contribution in [-0.4, -0.2) is 36.2 Å². The van der Waals surface area contributed by atoms with Crippen LogP contribution in [0.1, 0.15) is 18.7 Å². The Morgan fingerprint density at radius 3 is 2.72 bits per heavy atom. The standard InChI is InChI=1S/C10H15BrF3N3O/c1-3-17-9(7(11)4-16-17)8(15-2)5-18-6-10(12,13)14/h4,8,15H,3,5-6H2,1-2H3. The first-order valence-electron chi connectivity index (χ1n) is 5.42. The van der Waals surface area contributed by atoms with Crippen molar-refractivity contribution in [1.82, 2.24) is 15.1 Å². The molecule has 1 aromatic heterocycles. The molecule has 0 aliphatic rings.